The standard InChI is InChI=1S/C11H10BrClN2O2S2/c12-7-3-8(18-6-7)5-15-19(16,17)9-1-2-10(13)11(14)4-9/h1-4,6,15H,5,14H2. The molecule has 0 saturated carbocycles. The van der Waals surface area contributed by atoms with Gasteiger partial charge in [0, 0.05) is 21.3 Å². The van der Waals surface area contributed by atoms with Crippen LogP contribution in [0.1, 0.15) is 4.88 Å². The largest absolute Gasteiger partial charge is 0.397 e. The Morgan fingerprint density at radius 2 is 2.11 bits per heavy atom. The Bertz CT molecular complexity index is 700. The number of nitrogen functional groups attached to an aromatic ring is 1. The molecular formula is C11H10BrClN2O2S2. The van der Waals surface area contributed by atoms with Crippen LogP contribution < -0.4 is 10.5 Å². The molecule has 19 heavy (non-hydrogen) atoms. The molecule has 1 aromatic heterocycles. The minimum Gasteiger partial charge on any atom is -0.397 e. The zero-order chi connectivity index (χ0) is 14.0. The topological polar surface area (TPSA) is 72.2 Å². The Kier molecular flexibility index (Phi) is 4.52. The van der Waals surface area contributed by atoms with Gasteiger partial charge in [0.15, 0.2) is 0 Å². The third-order valence-electron chi connectivity index (χ3n) is 2.34. The Morgan fingerprint density at radius 3 is 2.68 bits per heavy atom. The van der Waals surface area contributed by atoms with Crippen molar-refractivity contribution in [2.45, 2.75) is 11.4 Å². The molecule has 0 atom stereocenters. The highest BCUT2D eigenvalue weighted by atomic mass is 79.9. The Labute approximate surface area is 128 Å². The number of sulfonamides is 1. The number of nitrogens with one attached hydrogen (secondary N) is 1. The van der Waals surface area contributed by atoms with Gasteiger partial charge in [-0.05, 0) is 40.2 Å². The number of halogens is 2. The molecule has 0 aliphatic heterocycles. The predicted octanol–water partition coefficient (Wildman–Crippen LogP) is 3.22. The summed E-state index contributed by atoms with van der Waals surface area (Å²) in [6.07, 6.45) is 0. The minimum atomic E-state index is -3.59. The third kappa shape index (κ3) is 3.70. The molecule has 4 nitrogen and oxygen atoms in total. The van der Waals surface area contributed by atoms with Crippen molar-refractivity contribution >= 4 is 54.6 Å². The van der Waals surface area contributed by atoms with Gasteiger partial charge in [-0.15, -0.1) is 11.3 Å². The summed E-state index contributed by atoms with van der Waals surface area (Å²) >= 11 is 10.6. The molecule has 0 aliphatic rings. The first-order valence-electron chi connectivity index (χ1n) is 5.16. The van der Waals surface area contributed by atoms with Crippen molar-refractivity contribution < 1.29 is 8.42 Å². The van der Waals surface area contributed by atoms with Gasteiger partial charge < -0.3 is 5.73 Å². The van der Waals surface area contributed by atoms with Gasteiger partial charge in [-0.25, -0.2) is 13.1 Å². The number of benzene rings is 1. The van der Waals surface area contributed by atoms with Crippen LogP contribution >= 0.6 is 38.9 Å². The first kappa shape index (κ1) is 14.8. The third-order valence-corrected chi connectivity index (χ3v) is 5.78. The van der Waals surface area contributed by atoms with Crippen LogP contribution in [0.3, 0.4) is 0 Å². The molecule has 2 rings (SSSR count). The zero-order valence-corrected chi connectivity index (χ0v) is 13.5. The van der Waals surface area contributed by atoms with Crippen LogP contribution in [0.15, 0.2) is 39.0 Å². The number of rotatable bonds is 4. The quantitative estimate of drug-likeness (QED) is 0.799. The molecule has 102 valence electrons. The second-order valence-electron chi connectivity index (χ2n) is 3.74. The molecule has 0 saturated heterocycles. The Balaban J connectivity index is 2.16. The number of nitrogens with two attached hydrogens (primary N) is 1. The average Bonchev–Trinajstić information content (AvgIpc) is 2.76. The summed E-state index contributed by atoms with van der Waals surface area (Å²) in [6, 6.07) is 6.09. The van der Waals surface area contributed by atoms with Crippen molar-refractivity contribution in [3.63, 3.8) is 0 Å². The molecule has 0 radical (unpaired) electrons. The highest BCUT2D eigenvalue weighted by Gasteiger charge is 2.15. The van der Waals surface area contributed by atoms with E-state index in [9.17, 15) is 8.42 Å². The second-order valence-corrected chi connectivity index (χ2v) is 7.82. The van der Waals surface area contributed by atoms with E-state index in [1.54, 1.807) is 0 Å². The lowest BCUT2D eigenvalue weighted by Gasteiger charge is -2.07. The first-order valence-corrected chi connectivity index (χ1v) is 8.69. The van der Waals surface area contributed by atoms with E-state index in [4.69, 9.17) is 17.3 Å². The summed E-state index contributed by atoms with van der Waals surface area (Å²) in [6.45, 7) is 0.237. The number of thiophene rings is 1. The van der Waals surface area contributed by atoms with E-state index in [0.29, 0.717) is 5.02 Å². The fraction of sp³-hybridized carbons (Fsp3) is 0.0909. The SMILES string of the molecule is Nc1cc(S(=O)(=O)NCc2cc(Br)cs2)ccc1Cl. The summed E-state index contributed by atoms with van der Waals surface area (Å²) in [4.78, 5) is 1.02. The molecule has 2 aromatic rings. The van der Waals surface area contributed by atoms with E-state index in [1.807, 2.05) is 11.4 Å². The van der Waals surface area contributed by atoms with Gasteiger partial charge in [0.05, 0.1) is 15.6 Å². The van der Waals surface area contributed by atoms with Gasteiger partial charge >= 0.3 is 0 Å². The maximum Gasteiger partial charge on any atom is 0.240 e. The van der Waals surface area contributed by atoms with E-state index in [2.05, 4.69) is 20.7 Å². The van der Waals surface area contributed by atoms with Crippen LogP contribution in [-0.2, 0) is 16.6 Å². The number of hydrogen-bond acceptors (Lipinski definition) is 4. The van der Waals surface area contributed by atoms with E-state index in [1.165, 1.54) is 29.5 Å². The van der Waals surface area contributed by atoms with Crippen molar-refractivity contribution in [3.05, 3.63) is 44.0 Å². The van der Waals surface area contributed by atoms with Gasteiger partial charge in [-0.1, -0.05) is 11.6 Å². The lowest BCUT2D eigenvalue weighted by Crippen LogP contribution is -2.22. The molecule has 0 aliphatic carbocycles. The van der Waals surface area contributed by atoms with Crippen LogP contribution in [0.4, 0.5) is 5.69 Å². The van der Waals surface area contributed by atoms with Gasteiger partial charge in [-0.3, -0.25) is 0 Å². The number of hydrogen-bond donors (Lipinski definition) is 2. The van der Waals surface area contributed by atoms with Crippen molar-refractivity contribution in [2.24, 2.45) is 0 Å². The summed E-state index contributed by atoms with van der Waals surface area (Å²) in [5, 5.41) is 2.23. The molecule has 1 aromatic carbocycles. The molecule has 1 heterocycles. The summed E-state index contributed by atoms with van der Waals surface area (Å²) in [5.41, 5.74) is 5.84. The summed E-state index contributed by atoms with van der Waals surface area (Å²) in [7, 11) is -3.59. The normalized spacial score (nSPS) is 11.7. The maximum absolute atomic E-state index is 12.1. The smallest absolute Gasteiger partial charge is 0.240 e. The van der Waals surface area contributed by atoms with E-state index in [-0.39, 0.29) is 17.1 Å². The van der Waals surface area contributed by atoms with Crippen molar-refractivity contribution in [2.75, 3.05) is 5.73 Å². The molecule has 0 bridgehead atoms. The molecule has 8 heteroatoms. The fourth-order valence-electron chi connectivity index (χ4n) is 1.38. The fourth-order valence-corrected chi connectivity index (χ4v) is 4.03. The van der Waals surface area contributed by atoms with Crippen LogP contribution in [0, 0.1) is 0 Å². The average molecular weight is 382 g/mol. The van der Waals surface area contributed by atoms with Crippen LogP contribution in [0.25, 0.3) is 0 Å². The van der Waals surface area contributed by atoms with E-state index in [0.717, 1.165) is 9.35 Å². The minimum absolute atomic E-state index is 0.102. The van der Waals surface area contributed by atoms with Gasteiger partial charge in [-0.2, -0.15) is 0 Å². The van der Waals surface area contributed by atoms with Crippen molar-refractivity contribution in [1.29, 1.82) is 0 Å². The Hall–Kier alpha value is -0.600. The molecule has 0 spiro atoms. The zero-order valence-electron chi connectivity index (χ0n) is 9.56. The van der Waals surface area contributed by atoms with E-state index >= 15 is 0 Å². The first-order chi connectivity index (χ1) is 8.88. The van der Waals surface area contributed by atoms with Crippen LogP contribution in [0.5, 0.6) is 0 Å². The van der Waals surface area contributed by atoms with Gasteiger partial charge in [0.1, 0.15) is 0 Å². The maximum atomic E-state index is 12.1. The lowest BCUT2D eigenvalue weighted by atomic mass is 10.3. The highest BCUT2D eigenvalue weighted by molar-refractivity contribution is 9.10. The van der Waals surface area contributed by atoms with E-state index < -0.39 is 10.0 Å². The van der Waals surface area contributed by atoms with Crippen molar-refractivity contribution in [3.8, 4) is 0 Å². The van der Waals surface area contributed by atoms with Crippen molar-refractivity contribution in [1.82, 2.24) is 4.72 Å². The van der Waals surface area contributed by atoms with Crippen LogP contribution in [0.2, 0.25) is 5.02 Å². The van der Waals surface area contributed by atoms with Gasteiger partial charge in [0.2, 0.25) is 10.0 Å². The molecule has 0 amide bonds. The Morgan fingerprint density at radius 1 is 1.37 bits per heavy atom. The van der Waals surface area contributed by atoms with Gasteiger partial charge in [0.25, 0.3) is 0 Å². The number of anilines is 1. The predicted molar refractivity (Wildman–Crippen MR) is 81.9 cm³/mol. The monoisotopic (exact) mass is 380 g/mol. The molecular weight excluding hydrogens is 372 g/mol. The van der Waals surface area contributed by atoms with Crippen LogP contribution in [-0.4, -0.2) is 8.42 Å². The molecule has 3 N–H and O–H groups in total. The highest BCUT2D eigenvalue weighted by Crippen LogP contribution is 2.23. The molecule has 0 fully saturated rings. The molecule has 0 unspecified atom stereocenters. The second kappa shape index (κ2) is 5.80. The summed E-state index contributed by atoms with van der Waals surface area (Å²) in [5.74, 6) is 0. The lowest BCUT2D eigenvalue weighted by molar-refractivity contribution is 0.582. The summed E-state index contributed by atoms with van der Waals surface area (Å²) < 4.78 is 27.6.